The van der Waals surface area contributed by atoms with Crippen LogP contribution in [-0.4, -0.2) is 15.9 Å². The maximum atomic E-state index is 12.4. The molecule has 0 fully saturated rings. The Balaban J connectivity index is 1.73. The zero-order chi connectivity index (χ0) is 20.8. The third-order valence-corrected chi connectivity index (χ3v) is 4.81. The predicted octanol–water partition coefficient (Wildman–Crippen LogP) is 5.40. The number of hydrogen-bond acceptors (Lipinski definition) is 4. The highest BCUT2D eigenvalue weighted by Gasteiger charge is 2.14. The third-order valence-electron chi connectivity index (χ3n) is 4.81. The summed E-state index contributed by atoms with van der Waals surface area (Å²) in [4.78, 5) is 20.8. The van der Waals surface area contributed by atoms with Crippen molar-refractivity contribution in [3.8, 4) is 0 Å². The van der Waals surface area contributed by atoms with E-state index < -0.39 is 0 Å². The molecule has 5 heteroatoms. The molecule has 29 heavy (non-hydrogen) atoms. The number of nitrogens with zero attached hydrogens (tertiary/aromatic N) is 2. The highest BCUT2D eigenvalue weighted by atomic mass is 16.1. The Labute approximate surface area is 172 Å². The fraction of sp³-hybridized carbons (Fsp3) is 0.292. The molecule has 1 aromatic carbocycles. The fourth-order valence-electron chi connectivity index (χ4n) is 3.22. The van der Waals surface area contributed by atoms with E-state index in [1.807, 2.05) is 18.2 Å². The monoisotopic (exact) mass is 388 g/mol. The molecular weight excluding hydrogens is 360 g/mol. The highest BCUT2D eigenvalue weighted by molar-refractivity contribution is 5.92. The Hall–Kier alpha value is -3.21. The number of carbonyl (C=O) groups is 1. The lowest BCUT2D eigenvalue weighted by Gasteiger charge is -2.21. The first kappa shape index (κ1) is 20.5. The summed E-state index contributed by atoms with van der Waals surface area (Å²) in [7, 11) is 0. The lowest BCUT2D eigenvalue weighted by atomic mass is 9.92. The molecule has 2 heterocycles. The average Bonchev–Trinajstić information content (AvgIpc) is 2.73. The summed E-state index contributed by atoms with van der Waals surface area (Å²) in [6.07, 6.45) is 5.15. The van der Waals surface area contributed by atoms with Crippen LogP contribution in [-0.2, 0) is 6.54 Å². The summed E-state index contributed by atoms with van der Waals surface area (Å²) in [6.45, 7) is 9.20. The van der Waals surface area contributed by atoms with Gasteiger partial charge in [0.1, 0.15) is 5.69 Å². The van der Waals surface area contributed by atoms with Crippen molar-refractivity contribution in [2.24, 2.45) is 0 Å². The maximum Gasteiger partial charge on any atom is 0.270 e. The van der Waals surface area contributed by atoms with E-state index in [2.05, 4.69) is 66.5 Å². The van der Waals surface area contributed by atoms with E-state index >= 15 is 0 Å². The highest BCUT2D eigenvalue weighted by Crippen LogP contribution is 2.34. The lowest BCUT2D eigenvalue weighted by Crippen LogP contribution is -2.23. The first-order chi connectivity index (χ1) is 14.0. The van der Waals surface area contributed by atoms with E-state index in [9.17, 15) is 4.79 Å². The Kier molecular flexibility index (Phi) is 6.60. The van der Waals surface area contributed by atoms with Crippen molar-refractivity contribution >= 4 is 17.3 Å². The van der Waals surface area contributed by atoms with Crippen LogP contribution in [0.3, 0.4) is 0 Å². The van der Waals surface area contributed by atoms with Gasteiger partial charge in [-0.2, -0.15) is 0 Å². The van der Waals surface area contributed by atoms with Gasteiger partial charge in [-0.3, -0.25) is 9.78 Å². The van der Waals surface area contributed by atoms with Gasteiger partial charge in [0.15, 0.2) is 0 Å². The summed E-state index contributed by atoms with van der Waals surface area (Å²) in [5.74, 6) is 0.606. The van der Waals surface area contributed by atoms with Crippen LogP contribution < -0.4 is 10.6 Å². The molecule has 0 aliphatic carbocycles. The van der Waals surface area contributed by atoms with E-state index in [4.69, 9.17) is 0 Å². The molecule has 1 amide bonds. The number of nitrogens with one attached hydrogen (secondary N) is 2. The third kappa shape index (κ3) is 5.19. The van der Waals surface area contributed by atoms with E-state index in [1.54, 1.807) is 24.7 Å². The van der Waals surface area contributed by atoms with E-state index in [0.717, 1.165) is 16.9 Å². The normalized spacial score (nSPS) is 11.0. The topological polar surface area (TPSA) is 66.9 Å². The molecule has 0 aliphatic heterocycles. The minimum Gasteiger partial charge on any atom is -0.354 e. The molecule has 5 nitrogen and oxygen atoms in total. The van der Waals surface area contributed by atoms with Crippen molar-refractivity contribution in [1.82, 2.24) is 15.3 Å². The largest absolute Gasteiger partial charge is 0.354 e. The summed E-state index contributed by atoms with van der Waals surface area (Å²) < 4.78 is 0. The van der Waals surface area contributed by atoms with Crippen molar-refractivity contribution in [3.05, 3.63) is 83.4 Å². The number of amides is 1. The number of aromatic nitrogens is 2. The number of carbonyl (C=O) groups excluding carboxylic acids is 1. The molecule has 2 aromatic heterocycles. The van der Waals surface area contributed by atoms with Crippen LogP contribution in [0.15, 0.2) is 61.1 Å². The maximum absolute atomic E-state index is 12.4. The smallest absolute Gasteiger partial charge is 0.270 e. The fourth-order valence-corrected chi connectivity index (χ4v) is 3.22. The van der Waals surface area contributed by atoms with Gasteiger partial charge < -0.3 is 10.6 Å². The molecule has 0 aliphatic rings. The standard InChI is InChI=1S/C24H28N4O/c1-16(2)20-8-5-9-21(17(3)4)23(20)28-19-10-11-22(26-15-19)24(29)27-14-18-7-6-12-25-13-18/h5-13,15-17,28H,14H2,1-4H3,(H,27,29). The van der Waals surface area contributed by atoms with Crippen molar-refractivity contribution < 1.29 is 4.79 Å². The number of hydrogen-bond donors (Lipinski definition) is 2. The molecule has 0 unspecified atom stereocenters. The minimum atomic E-state index is -0.203. The number of anilines is 2. The molecule has 0 saturated heterocycles. The minimum absolute atomic E-state index is 0.203. The molecule has 0 saturated carbocycles. The lowest BCUT2D eigenvalue weighted by molar-refractivity contribution is 0.0946. The molecule has 0 atom stereocenters. The van der Waals surface area contributed by atoms with Crippen molar-refractivity contribution in [2.45, 2.75) is 46.1 Å². The summed E-state index contributed by atoms with van der Waals surface area (Å²) >= 11 is 0. The van der Waals surface area contributed by atoms with Gasteiger partial charge in [-0.15, -0.1) is 0 Å². The number of rotatable bonds is 7. The van der Waals surface area contributed by atoms with Gasteiger partial charge in [-0.25, -0.2) is 4.98 Å². The molecule has 0 spiro atoms. The number of para-hydroxylation sites is 1. The van der Waals surface area contributed by atoms with E-state index in [1.165, 1.54) is 11.1 Å². The molecule has 3 rings (SSSR count). The van der Waals surface area contributed by atoms with Crippen LogP contribution in [0.1, 0.15) is 66.7 Å². The van der Waals surface area contributed by atoms with Gasteiger partial charge in [0.05, 0.1) is 11.9 Å². The van der Waals surface area contributed by atoms with Crippen LogP contribution >= 0.6 is 0 Å². The van der Waals surface area contributed by atoms with Gasteiger partial charge in [-0.05, 0) is 46.7 Å². The van der Waals surface area contributed by atoms with Crippen molar-refractivity contribution in [3.63, 3.8) is 0 Å². The molecular formula is C24H28N4O. The Morgan fingerprint density at radius 2 is 1.66 bits per heavy atom. The van der Waals surface area contributed by atoms with Gasteiger partial charge in [0.2, 0.25) is 0 Å². The van der Waals surface area contributed by atoms with Crippen LogP contribution in [0.4, 0.5) is 11.4 Å². The van der Waals surface area contributed by atoms with E-state index in [-0.39, 0.29) is 5.91 Å². The molecule has 2 N–H and O–H groups in total. The molecule has 3 aromatic rings. The van der Waals surface area contributed by atoms with Crippen molar-refractivity contribution in [2.75, 3.05) is 5.32 Å². The molecule has 0 radical (unpaired) electrons. The summed E-state index contributed by atoms with van der Waals surface area (Å²) in [6, 6.07) is 13.8. The van der Waals surface area contributed by atoms with Crippen LogP contribution in [0.2, 0.25) is 0 Å². The first-order valence-corrected chi connectivity index (χ1v) is 9.98. The zero-order valence-corrected chi connectivity index (χ0v) is 17.4. The second kappa shape index (κ2) is 9.32. The van der Waals surface area contributed by atoms with Crippen LogP contribution in [0.5, 0.6) is 0 Å². The van der Waals surface area contributed by atoms with Crippen LogP contribution in [0.25, 0.3) is 0 Å². The predicted molar refractivity (Wildman–Crippen MR) is 118 cm³/mol. The molecule has 150 valence electrons. The van der Waals surface area contributed by atoms with Crippen LogP contribution in [0, 0.1) is 0 Å². The summed E-state index contributed by atoms with van der Waals surface area (Å²) in [5, 5.41) is 6.40. The average molecular weight is 389 g/mol. The SMILES string of the molecule is CC(C)c1cccc(C(C)C)c1Nc1ccc(C(=O)NCc2cccnc2)nc1. The summed E-state index contributed by atoms with van der Waals surface area (Å²) in [5.41, 5.74) is 5.88. The van der Waals surface area contributed by atoms with Gasteiger partial charge in [-0.1, -0.05) is 52.0 Å². The molecule has 0 bridgehead atoms. The Morgan fingerprint density at radius 3 is 2.21 bits per heavy atom. The quantitative estimate of drug-likeness (QED) is 0.569. The number of benzene rings is 1. The first-order valence-electron chi connectivity index (χ1n) is 9.98. The second-order valence-electron chi connectivity index (χ2n) is 7.72. The van der Waals surface area contributed by atoms with Gasteiger partial charge in [0, 0.05) is 24.6 Å². The van der Waals surface area contributed by atoms with Gasteiger partial charge >= 0.3 is 0 Å². The Morgan fingerprint density at radius 1 is 0.931 bits per heavy atom. The number of pyridine rings is 2. The van der Waals surface area contributed by atoms with Crippen molar-refractivity contribution in [1.29, 1.82) is 0 Å². The Bertz CT molecular complexity index is 924. The van der Waals surface area contributed by atoms with E-state index in [0.29, 0.717) is 24.1 Å². The van der Waals surface area contributed by atoms with Gasteiger partial charge in [0.25, 0.3) is 5.91 Å². The second-order valence-corrected chi connectivity index (χ2v) is 7.72. The zero-order valence-electron chi connectivity index (χ0n) is 17.4.